The molecule has 0 saturated carbocycles. The molecule has 0 fully saturated rings. The molecule has 11 nitrogen and oxygen atoms in total. The van der Waals surface area contributed by atoms with Gasteiger partial charge in [0.25, 0.3) is 12.0 Å². The lowest BCUT2D eigenvalue weighted by molar-refractivity contribution is -0.119. The largest absolute Gasteiger partial charge is 0.495 e. The third kappa shape index (κ3) is 5.97. The summed E-state index contributed by atoms with van der Waals surface area (Å²) in [6.45, 7) is 0.189. The van der Waals surface area contributed by atoms with E-state index in [9.17, 15) is 18.4 Å². The molecule has 42 heavy (non-hydrogen) atoms. The Bertz CT molecular complexity index is 1810. The maximum Gasteiger partial charge on any atom is 0.283 e. The fraction of sp³-hybridized carbons (Fsp3) is 0.214. The minimum absolute atomic E-state index is 0.176. The molecule has 0 bridgehead atoms. The molecule has 0 radical (unpaired) electrons. The van der Waals surface area contributed by atoms with Crippen molar-refractivity contribution >= 4 is 34.2 Å². The Morgan fingerprint density at radius 2 is 1.81 bits per heavy atom. The minimum atomic E-state index is -2.81. The van der Waals surface area contributed by atoms with E-state index in [0.717, 1.165) is 6.20 Å². The van der Waals surface area contributed by atoms with E-state index in [1.807, 2.05) is 0 Å². The van der Waals surface area contributed by atoms with E-state index in [1.54, 1.807) is 48.8 Å². The Hall–Kier alpha value is -4.75. The molecule has 5 rings (SSSR count). The van der Waals surface area contributed by atoms with Gasteiger partial charge in [-0.15, -0.1) is 5.10 Å². The maximum atomic E-state index is 13.5. The monoisotopic (exact) mass is 595 g/mol. The van der Waals surface area contributed by atoms with Gasteiger partial charge >= 0.3 is 0 Å². The van der Waals surface area contributed by atoms with E-state index in [-0.39, 0.29) is 18.8 Å². The fourth-order valence-electron chi connectivity index (χ4n) is 4.46. The Morgan fingerprint density at radius 3 is 2.52 bits per heavy atom. The molecular weight excluding hydrogens is 572 g/mol. The molecule has 1 unspecified atom stereocenters. The first-order chi connectivity index (χ1) is 20.3. The number of hydrogen-bond donors (Lipinski definition) is 1. The van der Waals surface area contributed by atoms with Crippen LogP contribution in [0.4, 0.5) is 14.5 Å². The van der Waals surface area contributed by atoms with Gasteiger partial charge in [-0.1, -0.05) is 16.8 Å². The second-order valence-electron chi connectivity index (χ2n) is 9.10. The SMILES string of the molecule is COCCC(C(=O)Nc1ccc2nccnc2c1)n1cc(OC)c(-c2cc(Cl)ccc2-n2cc(C(F)F)nn2)cc1=O. The zero-order valence-corrected chi connectivity index (χ0v) is 23.1. The molecule has 1 amide bonds. The lowest BCUT2D eigenvalue weighted by Gasteiger charge is -2.21. The van der Waals surface area contributed by atoms with Crippen LogP contribution in [0, 0.1) is 0 Å². The van der Waals surface area contributed by atoms with Crippen LogP contribution in [-0.2, 0) is 9.53 Å². The average Bonchev–Trinajstić information content (AvgIpc) is 3.48. The van der Waals surface area contributed by atoms with E-state index in [4.69, 9.17) is 21.1 Å². The number of benzene rings is 2. The highest BCUT2D eigenvalue weighted by Crippen LogP contribution is 2.36. The van der Waals surface area contributed by atoms with Crippen molar-refractivity contribution < 1.29 is 23.0 Å². The second-order valence-corrected chi connectivity index (χ2v) is 9.53. The van der Waals surface area contributed by atoms with E-state index in [2.05, 4.69) is 25.6 Å². The van der Waals surface area contributed by atoms with Crippen LogP contribution < -0.4 is 15.6 Å². The van der Waals surface area contributed by atoms with Crippen molar-refractivity contribution in [2.24, 2.45) is 0 Å². The normalized spacial score (nSPS) is 12.0. The molecular formula is C28H24ClF2N7O4. The van der Waals surface area contributed by atoms with Crippen LogP contribution in [0.15, 0.2) is 72.0 Å². The molecule has 3 heterocycles. The fourth-order valence-corrected chi connectivity index (χ4v) is 4.63. The topological polar surface area (TPSA) is 126 Å². The summed E-state index contributed by atoms with van der Waals surface area (Å²) in [6.07, 6.45) is 2.99. The average molecular weight is 596 g/mol. The van der Waals surface area contributed by atoms with E-state index in [0.29, 0.717) is 38.6 Å². The Morgan fingerprint density at radius 1 is 1.02 bits per heavy atom. The molecule has 1 atom stereocenters. The summed E-state index contributed by atoms with van der Waals surface area (Å²) in [7, 11) is 2.90. The standard InChI is InChI=1S/C28H24ClF2N7O4/c1-41-10-7-24(28(40)34-17-4-5-20-21(12-17)33-9-8-32-20)37-15-25(42-2)19(13-26(37)39)18-11-16(29)3-6-23(18)38-14-22(27(30)31)35-36-38/h3-6,8-9,11-15,24,27H,7,10H2,1-2H3,(H,34,40). The number of anilines is 1. The molecule has 0 aliphatic rings. The Labute approximate surface area is 242 Å². The van der Waals surface area contributed by atoms with Crippen molar-refractivity contribution in [2.75, 3.05) is 26.1 Å². The summed E-state index contributed by atoms with van der Waals surface area (Å²) in [5, 5.41) is 10.5. The van der Waals surface area contributed by atoms with Gasteiger partial charge in [-0.05, 0) is 36.4 Å². The number of nitrogens with zero attached hydrogens (tertiary/aromatic N) is 6. The maximum absolute atomic E-state index is 13.5. The van der Waals surface area contributed by atoms with Gasteiger partial charge in [-0.3, -0.25) is 24.1 Å². The zero-order chi connectivity index (χ0) is 29.8. The minimum Gasteiger partial charge on any atom is -0.495 e. The van der Waals surface area contributed by atoms with Crippen molar-refractivity contribution in [3.8, 4) is 22.6 Å². The molecule has 0 aliphatic carbocycles. The molecule has 0 aliphatic heterocycles. The first-order valence-electron chi connectivity index (χ1n) is 12.6. The van der Waals surface area contributed by atoms with Gasteiger partial charge in [0.2, 0.25) is 5.91 Å². The van der Waals surface area contributed by atoms with Crippen LogP contribution in [0.3, 0.4) is 0 Å². The van der Waals surface area contributed by atoms with Crippen LogP contribution in [0.25, 0.3) is 27.8 Å². The van der Waals surface area contributed by atoms with Gasteiger partial charge in [-0.25, -0.2) is 13.5 Å². The molecule has 5 aromatic rings. The highest BCUT2D eigenvalue weighted by Gasteiger charge is 2.25. The lowest BCUT2D eigenvalue weighted by Crippen LogP contribution is -2.34. The van der Waals surface area contributed by atoms with Crippen LogP contribution in [0.2, 0.25) is 5.02 Å². The van der Waals surface area contributed by atoms with Crippen LogP contribution in [0.1, 0.15) is 24.6 Å². The molecule has 0 saturated heterocycles. The number of hydrogen-bond acceptors (Lipinski definition) is 8. The quantitative estimate of drug-likeness (QED) is 0.243. The first kappa shape index (κ1) is 28.8. The third-order valence-corrected chi connectivity index (χ3v) is 6.70. The van der Waals surface area contributed by atoms with Crippen LogP contribution in [0.5, 0.6) is 5.75 Å². The van der Waals surface area contributed by atoms with Crippen molar-refractivity contribution in [2.45, 2.75) is 18.9 Å². The molecule has 14 heteroatoms. The van der Waals surface area contributed by atoms with E-state index < -0.39 is 29.6 Å². The second kappa shape index (κ2) is 12.4. The number of amides is 1. The molecule has 216 valence electrons. The van der Waals surface area contributed by atoms with Gasteiger partial charge < -0.3 is 14.8 Å². The van der Waals surface area contributed by atoms with E-state index >= 15 is 0 Å². The number of carbonyl (C=O) groups is 1. The first-order valence-corrected chi connectivity index (χ1v) is 13.0. The predicted molar refractivity (Wildman–Crippen MR) is 151 cm³/mol. The van der Waals surface area contributed by atoms with E-state index in [1.165, 1.54) is 35.7 Å². The summed E-state index contributed by atoms with van der Waals surface area (Å²) in [5.74, 6) is -0.235. The number of rotatable bonds is 10. The highest BCUT2D eigenvalue weighted by atomic mass is 35.5. The van der Waals surface area contributed by atoms with Gasteiger partial charge in [0.1, 0.15) is 17.5 Å². The number of ether oxygens (including phenoxy) is 2. The number of alkyl halides is 2. The highest BCUT2D eigenvalue weighted by molar-refractivity contribution is 6.31. The van der Waals surface area contributed by atoms with Crippen molar-refractivity contribution in [3.05, 3.63) is 88.3 Å². The van der Waals surface area contributed by atoms with Gasteiger partial charge in [0.05, 0.1) is 36.2 Å². The summed E-state index contributed by atoms with van der Waals surface area (Å²) in [6, 6.07) is 10.1. The van der Waals surface area contributed by atoms with Crippen molar-refractivity contribution in [1.82, 2.24) is 29.5 Å². The van der Waals surface area contributed by atoms with Crippen molar-refractivity contribution in [3.63, 3.8) is 0 Å². The molecule has 3 aromatic heterocycles. The molecule has 0 spiro atoms. The smallest absolute Gasteiger partial charge is 0.283 e. The van der Waals surface area contributed by atoms with Crippen LogP contribution >= 0.6 is 11.6 Å². The van der Waals surface area contributed by atoms with Gasteiger partial charge in [0.15, 0.2) is 0 Å². The lowest BCUT2D eigenvalue weighted by atomic mass is 10.0. The summed E-state index contributed by atoms with van der Waals surface area (Å²) < 4.78 is 39.6. The summed E-state index contributed by atoms with van der Waals surface area (Å²) >= 11 is 6.27. The third-order valence-electron chi connectivity index (χ3n) is 6.46. The zero-order valence-electron chi connectivity index (χ0n) is 22.4. The Kier molecular flexibility index (Phi) is 8.50. The number of carbonyl (C=O) groups excluding carboxylic acids is 1. The van der Waals surface area contributed by atoms with Crippen molar-refractivity contribution in [1.29, 1.82) is 0 Å². The predicted octanol–water partition coefficient (Wildman–Crippen LogP) is 4.86. The van der Waals surface area contributed by atoms with Crippen LogP contribution in [-0.4, -0.2) is 56.3 Å². The number of aromatic nitrogens is 6. The Balaban J connectivity index is 1.54. The number of pyridine rings is 1. The molecule has 2 aromatic carbocycles. The number of nitrogens with one attached hydrogen (secondary N) is 1. The van der Waals surface area contributed by atoms with Gasteiger partial charge in [0, 0.05) is 60.4 Å². The molecule has 1 N–H and O–H groups in total. The number of methoxy groups -OCH3 is 2. The van der Waals surface area contributed by atoms with Gasteiger partial charge in [-0.2, -0.15) is 0 Å². The summed E-state index contributed by atoms with van der Waals surface area (Å²) in [4.78, 5) is 35.5. The number of halogens is 3. The summed E-state index contributed by atoms with van der Waals surface area (Å²) in [5.41, 5.74) is 1.73. The number of fused-ring (bicyclic) bond motifs is 1.